The van der Waals surface area contributed by atoms with Gasteiger partial charge in [0, 0.05) is 13.1 Å². The quantitative estimate of drug-likeness (QED) is 0.805. The first-order chi connectivity index (χ1) is 9.22. The van der Waals surface area contributed by atoms with Crippen LogP contribution in [0.5, 0.6) is 5.75 Å². The van der Waals surface area contributed by atoms with Crippen LogP contribution >= 0.6 is 0 Å². The van der Waals surface area contributed by atoms with Crippen molar-refractivity contribution in [2.75, 3.05) is 36.9 Å². The van der Waals surface area contributed by atoms with Crippen LogP contribution in [0.3, 0.4) is 0 Å². The number of hydrogen-bond donors (Lipinski definition) is 2. The summed E-state index contributed by atoms with van der Waals surface area (Å²) in [4.78, 5) is 13.6. The minimum Gasteiger partial charge on any atom is -0.491 e. The first-order valence-electron chi connectivity index (χ1n) is 6.75. The van der Waals surface area contributed by atoms with Gasteiger partial charge in [-0.2, -0.15) is 0 Å². The van der Waals surface area contributed by atoms with E-state index in [9.17, 15) is 4.79 Å². The number of carbonyl (C=O) groups excluding carboxylic acids is 1. The van der Waals surface area contributed by atoms with E-state index in [0.717, 1.165) is 31.6 Å². The molecule has 2 rings (SSSR count). The SMILES string of the molecule is CCCOc1cccc(N2CCCNC(=O)C2)c1N. The first kappa shape index (κ1) is 13.5. The summed E-state index contributed by atoms with van der Waals surface area (Å²) in [6.07, 6.45) is 1.86. The zero-order valence-electron chi connectivity index (χ0n) is 11.3. The lowest BCUT2D eigenvalue weighted by atomic mass is 10.2. The zero-order chi connectivity index (χ0) is 13.7. The summed E-state index contributed by atoms with van der Waals surface area (Å²) in [7, 11) is 0. The van der Waals surface area contributed by atoms with Gasteiger partial charge in [0.2, 0.25) is 5.91 Å². The number of benzene rings is 1. The van der Waals surface area contributed by atoms with Crippen LogP contribution in [0.15, 0.2) is 18.2 Å². The third kappa shape index (κ3) is 3.30. The molecule has 1 heterocycles. The number of ether oxygens (including phenoxy) is 1. The molecule has 1 fully saturated rings. The van der Waals surface area contributed by atoms with Crippen LogP contribution < -0.4 is 20.7 Å². The topological polar surface area (TPSA) is 67.6 Å². The van der Waals surface area contributed by atoms with E-state index in [1.165, 1.54) is 0 Å². The fourth-order valence-corrected chi connectivity index (χ4v) is 2.16. The second-order valence-corrected chi connectivity index (χ2v) is 4.66. The average Bonchev–Trinajstić information content (AvgIpc) is 2.62. The van der Waals surface area contributed by atoms with Gasteiger partial charge in [0.25, 0.3) is 0 Å². The maximum atomic E-state index is 11.6. The lowest BCUT2D eigenvalue weighted by molar-refractivity contribution is -0.119. The molecular formula is C14H21N3O2. The number of carbonyl (C=O) groups is 1. The van der Waals surface area contributed by atoms with Gasteiger partial charge in [0.15, 0.2) is 0 Å². The first-order valence-corrected chi connectivity index (χ1v) is 6.75. The molecule has 0 saturated carbocycles. The Bertz CT molecular complexity index is 448. The van der Waals surface area contributed by atoms with Crippen molar-refractivity contribution < 1.29 is 9.53 Å². The molecule has 1 aliphatic rings. The van der Waals surface area contributed by atoms with E-state index in [1.54, 1.807) is 0 Å². The van der Waals surface area contributed by atoms with Crippen LogP contribution in [-0.2, 0) is 4.79 Å². The molecule has 1 aliphatic heterocycles. The Morgan fingerprint density at radius 1 is 1.47 bits per heavy atom. The van der Waals surface area contributed by atoms with E-state index in [0.29, 0.717) is 24.6 Å². The van der Waals surface area contributed by atoms with Crippen molar-refractivity contribution >= 4 is 17.3 Å². The molecule has 0 aliphatic carbocycles. The fourth-order valence-electron chi connectivity index (χ4n) is 2.16. The van der Waals surface area contributed by atoms with E-state index >= 15 is 0 Å². The molecule has 3 N–H and O–H groups in total. The average molecular weight is 263 g/mol. The van der Waals surface area contributed by atoms with Gasteiger partial charge in [-0.3, -0.25) is 4.79 Å². The summed E-state index contributed by atoms with van der Waals surface area (Å²) in [5, 5.41) is 2.86. The van der Waals surface area contributed by atoms with Crippen molar-refractivity contribution in [3.8, 4) is 5.75 Å². The Kier molecular flexibility index (Phi) is 4.49. The highest BCUT2D eigenvalue weighted by molar-refractivity contribution is 5.84. The molecule has 104 valence electrons. The molecule has 0 unspecified atom stereocenters. The number of nitrogens with one attached hydrogen (secondary N) is 1. The Morgan fingerprint density at radius 2 is 2.32 bits per heavy atom. The van der Waals surface area contributed by atoms with E-state index in [2.05, 4.69) is 12.2 Å². The number of rotatable bonds is 4. The monoisotopic (exact) mass is 263 g/mol. The van der Waals surface area contributed by atoms with Crippen molar-refractivity contribution in [1.82, 2.24) is 5.32 Å². The Morgan fingerprint density at radius 3 is 3.11 bits per heavy atom. The molecule has 0 spiro atoms. The molecule has 0 bridgehead atoms. The summed E-state index contributed by atoms with van der Waals surface area (Å²) < 4.78 is 5.62. The van der Waals surface area contributed by atoms with Gasteiger partial charge < -0.3 is 20.7 Å². The standard InChI is InChI=1S/C14H21N3O2/c1-2-9-19-12-6-3-5-11(14(12)15)17-8-4-7-16-13(18)10-17/h3,5-6H,2,4,7-10,15H2,1H3,(H,16,18). The number of amides is 1. The van der Waals surface area contributed by atoms with Gasteiger partial charge in [0.05, 0.1) is 24.5 Å². The number of anilines is 2. The van der Waals surface area contributed by atoms with Crippen molar-refractivity contribution in [3.63, 3.8) is 0 Å². The van der Waals surface area contributed by atoms with Gasteiger partial charge in [-0.25, -0.2) is 0 Å². The lowest BCUT2D eigenvalue weighted by Crippen LogP contribution is -2.33. The molecule has 19 heavy (non-hydrogen) atoms. The summed E-state index contributed by atoms with van der Waals surface area (Å²) in [6, 6.07) is 5.72. The summed E-state index contributed by atoms with van der Waals surface area (Å²) >= 11 is 0. The maximum Gasteiger partial charge on any atom is 0.239 e. The van der Waals surface area contributed by atoms with E-state index < -0.39 is 0 Å². The highest BCUT2D eigenvalue weighted by Crippen LogP contribution is 2.32. The van der Waals surface area contributed by atoms with Crippen molar-refractivity contribution in [3.05, 3.63) is 18.2 Å². The van der Waals surface area contributed by atoms with Crippen molar-refractivity contribution in [2.24, 2.45) is 0 Å². The smallest absolute Gasteiger partial charge is 0.239 e. The van der Waals surface area contributed by atoms with Gasteiger partial charge in [-0.15, -0.1) is 0 Å². The van der Waals surface area contributed by atoms with Crippen LogP contribution in [0.1, 0.15) is 19.8 Å². The van der Waals surface area contributed by atoms with Crippen LogP contribution in [-0.4, -0.2) is 32.1 Å². The second kappa shape index (κ2) is 6.31. The molecule has 0 radical (unpaired) electrons. The Hall–Kier alpha value is -1.91. The molecule has 1 saturated heterocycles. The largest absolute Gasteiger partial charge is 0.491 e. The van der Waals surface area contributed by atoms with Gasteiger partial charge in [-0.05, 0) is 25.0 Å². The van der Waals surface area contributed by atoms with Crippen LogP contribution in [0, 0.1) is 0 Å². The molecule has 0 aromatic heterocycles. The number of para-hydroxylation sites is 1. The molecule has 1 aromatic rings. The number of nitrogens with two attached hydrogens (primary N) is 1. The Balaban J connectivity index is 2.20. The Labute approximate surface area is 113 Å². The van der Waals surface area contributed by atoms with Crippen LogP contribution in [0.25, 0.3) is 0 Å². The van der Waals surface area contributed by atoms with E-state index in [4.69, 9.17) is 10.5 Å². The van der Waals surface area contributed by atoms with Crippen molar-refractivity contribution in [1.29, 1.82) is 0 Å². The number of hydrogen-bond acceptors (Lipinski definition) is 4. The normalized spacial score (nSPS) is 15.8. The van der Waals surface area contributed by atoms with Gasteiger partial charge in [-0.1, -0.05) is 13.0 Å². The fraction of sp³-hybridized carbons (Fsp3) is 0.500. The minimum atomic E-state index is 0.0387. The second-order valence-electron chi connectivity index (χ2n) is 4.66. The summed E-state index contributed by atoms with van der Waals surface area (Å²) in [5.74, 6) is 0.737. The van der Waals surface area contributed by atoms with Crippen molar-refractivity contribution in [2.45, 2.75) is 19.8 Å². The summed E-state index contributed by atoms with van der Waals surface area (Å²) in [6.45, 7) is 4.59. The zero-order valence-corrected chi connectivity index (χ0v) is 11.3. The molecule has 0 atom stereocenters. The van der Waals surface area contributed by atoms with E-state index in [1.807, 2.05) is 23.1 Å². The predicted molar refractivity (Wildman–Crippen MR) is 76.5 cm³/mol. The molecular weight excluding hydrogens is 242 g/mol. The third-order valence-corrected chi connectivity index (χ3v) is 3.11. The molecule has 1 aromatic carbocycles. The number of nitrogens with zero attached hydrogens (tertiary/aromatic N) is 1. The third-order valence-electron chi connectivity index (χ3n) is 3.11. The molecule has 5 heteroatoms. The van der Waals surface area contributed by atoms with Crippen LogP contribution in [0.4, 0.5) is 11.4 Å². The minimum absolute atomic E-state index is 0.0387. The highest BCUT2D eigenvalue weighted by Gasteiger charge is 2.18. The van der Waals surface area contributed by atoms with Gasteiger partial charge >= 0.3 is 0 Å². The molecule has 1 amide bonds. The maximum absolute atomic E-state index is 11.6. The summed E-state index contributed by atoms with van der Waals surface area (Å²) in [5.41, 5.74) is 7.65. The molecule has 5 nitrogen and oxygen atoms in total. The predicted octanol–water partition coefficient (Wildman–Crippen LogP) is 1.38. The lowest BCUT2D eigenvalue weighted by Gasteiger charge is -2.24. The number of nitrogen functional groups attached to an aromatic ring is 1. The van der Waals surface area contributed by atoms with E-state index in [-0.39, 0.29) is 5.91 Å². The highest BCUT2D eigenvalue weighted by atomic mass is 16.5. The van der Waals surface area contributed by atoms with Gasteiger partial charge in [0.1, 0.15) is 5.75 Å². The van der Waals surface area contributed by atoms with Crippen LogP contribution in [0.2, 0.25) is 0 Å².